The average molecular weight is 413 g/mol. The molecule has 2 aromatic heterocycles. The Labute approximate surface area is 179 Å². The van der Waals surface area contributed by atoms with E-state index < -0.39 is 0 Å². The normalized spacial score (nSPS) is 12.9. The first-order chi connectivity index (χ1) is 14.5. The number of hydrogen-bond acceptors (Lipinski definition) is 5. The van der Waals surface area contributed by atoms with E-state index in [9.17, 15) is 0 Å². The van der Waals surface area contributed by atoms with E-state index in [0.717, 1.165) is 65.7 Å². The maximum atomic E-state index is 6.34. The van der Waals surface area contributed by atoms with Gasteiger partial charge in [0.15, 0.2) is 5.82 Å². The summed E-state index contributed by atoms with van der Waals surface area (Å²) in [6, 6.07) is 6.08. The van der Waals surface area contributed by atoms with Crippen LogP contribution in [0.1, 0.15) is 59.7 Å². The van der Waals surface area contributed by atoms with Crippen LogP contribution in [0.25, 0.3) is 21.9 Å². The molecule has 2 heterocycles. The molecule has 2 N–H and O–H groups in total. The third kappa shape index (κ3) is 4.86. The zero-order valence-electron chi connectivity index (χ0n) is 19.1. The van der Waals surface area contributed by atoms with Gasteiger partial charge in [-0.3, -0.25) is 0 Å². The van der Waals surface area contributed by atoms with Gasteiger partial charge in [0, 0.05) is 31.0 Å². The standard InChI is InChI=1S/C24H36N4O2/c1-6-9-18(29-8-3)15-30-17-11-12-19-20(13-17)26-24(25)22-23(19)28(14-16(4)5)21(27-22)10-7-2/h11-13,16,18H,6-10,14-15H2,1-5H3,(H2,25,26). The van der Waals surface area contributed by atoms with Crippen LogP contribution in [0.2, 0.25) is 0 Å². The van der Waals surface area contributed by atoms with Crippen LogP contribution in [0.4, 0.5) is 5.82 Å². The lowest BCUT2D eigenvalue weighted by Gasteiger charge is -2.17. The summed E-state index contributed by atoms with van der Waals surface area (Å²) >= 11 is 0. The maximum Gasteiger partial charge on any atom is 0.152 e. The van der Waals surface area contributed by atoms with Crippen LogP contribution < -0.4 is 10.5 Å². The van der Waals surface area contributed by atoms with Crippen molar-refractivity contribution < 1.29 is 9.47 Å². The van der Waals surface area contributed by atoms with Gasteiger partial charge in [0.25, 0.3) is 0 Å². The number of aromatic nitrogens is 3. The summed E-state index contributed by atoms with van der Waals surface area (Å²) in [6.07, 6.45) is 4.15. The third-order valence-corrected chi connectivity index (χ3v) is 5.22. The highest BCUT2D eigenvalue weighted by Gasteiger charge is 2.18. The van der Waals surface area contributed by atoms with Crippen LogP contribution in [0.3, 0.4) is 0 Å². The largest absolute Gasteiger partial charge is 0.491 e. The van der Waals surface area contributed by atoms with Crippen molar-refractivity contribution in [3.63, 3.8) is 0 Å². The molecule has 0 aliphatic heterocycles. The van der Waals surface area contributed by atoms with Crippen LogP contribution >= 0.6 is 0 Å². The molecule has 1 atom stereocenters. The lowest BCUT2D eigenvalue weighted by atomic mass is 10.1. The second-order valence-corrected chi connectivity index (χ2v) is 8.33. The van der Waals surface area contributed by atoms with Gasteiger partial charge < -0.3 is 19.8 Å². The molecule has 0 radical (unpaired) electrons. The Kier molecular flexibility index (Phi) is 7.53. The summed E-state index contributed by atoms with van der Waals surface area (Å²) < 4.78 is 14.1. The van der Waals surface area contributed by atoms with Gasteiger partial charge in [0.1, 0.15) is 23.7 Å². The molecular formula is C24H36N4O2. The van der Waals surface area contributed by atoms with Gasteiger partial charge in [-0.05, 0) is 37.8 Å². The van der Waals surface area contributed by atoms with Gasteiger partial charge in [-0.15, -0.1) is 0 Å². The van der Waals surface area contributed by atoms with E-state index in [4.69, 9.17) is 20.2 Å². The van der Waals surface area contributed by atoms with Gasteiger partial charge in [0.2, 0.25) is 0 Å². The van der Waals surface area contributed by atoms with E-state index >= 15 is 0 Å². The summed E-state index contributed by atoms with van der Waals surface area (Å²) in [6.45, 7) is 13.0. The Morgan fingerprint density at radius 1 is 1.10 bits per heavy atom. The summed E-state index contributed by atoms with van der Waals surface area (Å²) in [4.78, 5) is 9.50. The number of benzene rings is 1. The molecule has 0 spiro atoms. The van der Waals surface area contributed by atoms with E-state index in [1.54, 1.807) is 0 Å². The molecule has 30 heavy (non-hydrogen) atoms. The number of nitrogens with zero attached hydrogens (tertiary/aromatic N) is 3. The van der Waals surface area contributed by atoms with E-state index in [-0.39, 0.29) is 6.10 Å². The monoisotopic (exact) mass is 412 g/mol. The van der Waals surface area contributed by atoms with E-state index in [1.807, 2.05) is 19.1 Å². The lowest BCUT2D eigenvalue weighted by Crippen LogP contribution is -2.21. The highest BCUT2D eigenvalue weighted by molar-refractivity contribution is 6.06. The molecule has 0 bridgehead atoms. The SMILES string of the molecule is CCCc1nc2c(N)nc3cc(OCC(CCC)OCC)ccc3c2n1CC(C)C. The molecule has 6 nitrogen and oxygen atoms in total. The minimum atomic E-state index is 0.111. The second kappa shape index (κ2) is 10.1. The molecule has 3 rings (SSSR count). The van der Waals surface area contributed by atoms with Gasteiger partial charge in [-0.2, -0.15) is 0 Å². The summed E-state index contributed by atoms with van der Waals surface area (Å²) in [5.74, 6) is 2.87. The predicted octanol–water partition coefficient (Wildman–Crippen LogP) is 5.36. The Bertz CT molecular complexity index is 974. The molecule has 0 saturated heterocycles. The molecule has 6 heteroatoms. The van der Waals surface area contributed by atoms with Crippen LogP contribution in [0.5, 0.6) is 5.75 Å². The highest BCUT2D eigenvalue weighted by Crippen LogP contribution is 2.32. The first-order valence-corrected chi connectivity index (χ1v) is 11.3. The van der Waals surface area contributed by atoms with Crippen molar-refractivity contribution in [2.24, 2.45) is 5.92 Å². The van der Waals surface area contributed by atoms with E-state index in [2.05, 4.69) is 43.3 Å². The molecule has 0 aliphatic rings. The molecule has 0 amide bonds. The summed E-state index contributed by atoms with van der Waals surface area (Å²) in [5.41, 5.74) is 9.06. The zero-order valence-corrected chi connectivity index (χ0v) is 19.1. The number of nitrogens with two attached hydrogens (primary N) is 1. The van der Waals surface area contributed by atoms with Crippen molar-refractivity contribution in [2.75, 3.05) is 18.9 Å². The Hall–Kier alpha value is -2.34. The van der Waals surface area contributed by atoms with Crippen LogP contribution in [-0.4, -0.2) is 33.9 Å². The Balaban J connectivity index is 2.01. The lowest BCUT2D eigenvalue weighted by molar-refractivity contribution is 0.0221. The van der Waals surface area contributed by atoms with Gasteiger partial charge in [0.05, 0.1) is 17.1 Å². The number of rotatable bonds is 11. The van der Waals surface area contributed by atoms with Crippen molar-refractivity contribution >= 4 is 27.8 Å². The fraction of sp³-hybridized carbons (Fsp3) is 0.583. The van der Waals surface area contributed by atoms with Gasteiger partial charge in [-0.25, -0.2) is 9.97 Å². The van der Waals surface area contributed by atoms with Crippen molar-refractivity contribution in [1.82, 2.24) is 14.5 Å². The quantitative estimate of drug-likeness (QED) is 0.459. The maximum absolute atomic E-state index is 6.34. The minimum absolute atomic E-state index is 0.111. The van der Waals surface area contributed by atoms with Gasteiger partial charge in [-0.1, -0.05) is 34.1 Å². The zero-order chi connectivity index (χ0) is 21.7. The molecule has 0 aliphatic carbocycles. The smallest absolute Gasteiger partial charge is 0.152 e. The van der Waals surface area contributed by atoms with Crippen molar-refractivity contribution in [3.8, 4) is 5.75 Å². The number of imidazole rings is 1. The highest BCUT2D eigenvalue weighted by atomic mass is 16.5. The first-order valence-electron chi connectivity index (χ1n) is 11.3. The van der Waals surface area contributed by atoms with Crippen molar-refractivity contribution in [2.45, 2.75) is 73.0 Å². The number of pyridine rings is 1. The fourth-order valence-electron chi connectivity index (χ4n) is 3.97. The molecule has 3 aromatic rings. The van der Waals surface area contributed by atoms with E-state index in [0.29, 0.717) is 24.9 Å². The topological polar surface area (TPSA) is 75.2 Å². The molecule has 1 aromatic carbocycles. The molecule has 0 saturated carbocycles. The summed E-state index contributed by atoms with van der Waals surface area (Å²) in [7, 11) is 0. The number of nitrogen functional groups attached to an aromatic ring is 1. The molecule has 164 valence electrons. The Morgan fingerprint density at radius 3 is 2.57 bits per heavy atom. The van der Waals surface area contributed by atoms with Crippen LogP contribution in [-0.2, 0) is 17.7 Å². The van der Waals surface area contributed by atoms with Gasteiger partial charge >= 0.3 is 0 Å². The minimum Gasteiger partial charge on any atom is -0.491 e. The van der Waals surface area contributed by atoms with Crippen molar-refractivity contribution in [3.05, 3.63) is 24.0 Å². The van der Waals surface area contributed by atoms with Crippen LogP contribution in [0.15, 0.2) is 18.2 Å². The van der Waals surface area contributed by atoms with E-state index in [1.165, 1.54) is 0 Å². The number of fused-ring (bicyclic) bond motifs is 3. The Morgan fingerprint density at radius 2 is 1.90 bits per heavy atom. The second-order valence-electron chi connectivity index (χ2n) is 8.33. The van der Waals surface area contributed by atoms with Crippen LogP contribution in [0, 0.1) is 5.92 Å². The van der Waals surface area contributed by atoms with Crippen molar-refractivity contribution in [1.29, 1.82) is 0 Å². The fourth-order valence-corrected chi connectivity index (χ4v) is 3.97. The summed E-state index contributed by atoms with van der Waals surface area (Å²) in [5, 5.41) is 1.07. The third-order valence-electron chi connectivity index (χ3n) is 5.22. The average Bonchev–Trinajstić information content (AvgIpc) is 3.05. The number of ether oxygens (including phenoxy) is 2. The predicted molar refractivity (Wildman–Crippen MR) is 124 cm³/mol. The number of anilines is 1. The molecule has 1 unspecified atom stereocenters. The first kappa shape index (κ1) is 22.3. The number of aryl methyl sites for hydroxylation is 1. The molecule has 0 fully saturated rings. The molecular weight excluding hydrogens is 376 g/mol. The number of hydrogen-bond donors (Lipinski definition) is 1.